The average molecular weight is 333 g/mol. The van der Waals surface area contributed by atoms with Crippen molar-refractivity contribution in [1.82, 2.24) is 15.3 Å². The lowest BCUT2D eigenvalue weighted by atomic mass is 10.1. The van der Waals surface area contributed by atoms with Crippen LogP contribution < -0.4 is 5.32 Å². The summed E-state index contributed by atoms with van der Waals surface area (Å²) in [6, 6.07) is 3.07. The summed E-state index contributed by atoms with van der Waals surface area (Å²) in [5, 5.41) is 13.1. The van der Waals surface area contributed by atoms with E-state index < -0.39 is 23.8 Å². The predicted molar refractivity (Wildman–Crippen MR) is 88.1 cm³/mol. The molecule has 0 radical (unpaired) electrons. The highest BCUT2D eigenvalue weighted by atomic mass is 16.6. The minimum absolute atomic E-state index is 0.136. The van der Waals surface area contributed by atoms with E-state index in [1.54, 1.807) is 39.2 Å². The Morgan fingerprint density at radius 1 is 1.46 bits per heavy atom. The van der Waals surface area contributed by atoms with Crippen LogP contribution >= 0.6 is 0 Å². The number of oxazole rings is 1. The fourth-order valence-corrected chi connectivity index (χ4v) is 2.11. The number of hydrogen-bond acceptors (Lipinski definition) is 6. The summed E-state index contributed by atoms with van der Waals surface area (Å²) >= 11 is 0. The first-order valence-corrected chi connectivity index (χ1v) is 7.83. The Kier molecular flexibility index (Phi) is 5.56. The highest BCUT2D eigenvalue weighted by molar-refractivity contribution is 5.68. The second-order valence-electron chi connectivity index (χ2n) is 6.42. The van der Waals surface area contributed by atoms with E-state index >= 15 is 0 Å². The smallest absolute Gasteiger partial charge is 0.407 e. The van der Waals surface area contributed by atoms with Gasteiger partial charge in [-0.25, -0.2) is 9.78 Å². The quantitative estimate of drug-likeness (QED) is 0.872. The highest BCUT2D eigenvalue weighted by Gasteiger charge is 2.27. The SMILES string of the molecule is CCC(NC(=O)OC(C)(C)C)C(O)c1nc(-c2cccnc2)co1. The van der Waals surface area contributed by atoms with E-state index in [2.05, 4.69) is 15.3 Å². The van der Waals surface area contributed by atoms with Crippen molar-refractivity contribution in [2.45, 2.75) is 51.9 Å². The van der Waals surface area contributed by atoms with Gasteiger partial charge >= 0.3 is 6.09 Å². The van der Waals surface area contributed by atoms with Gasteiger partial charge in [0, 0.05) is 18.0 Å². The number of pyridine rings is 1. The molecule has 0 saturated carbocycles. The number of rotatable bonds is 5. The molecular formula is C17H23N3O4. The summed E-state index contributed by atoms with van der Waals surface area (Å²) in [6.45, 7) is 7.17. The van der Waals surface area contributed by atoms with Crippen LogP contribution in [0.5, 0.6) is 0 Å². The van der Waals surface area contributed by atoms with Gasteiger partial charge in [-0.15, -0.1) is 0 Å². The van der Waals surface area contributed by atoms with E-state index in [-0.39, 0.29) is 5.89 Å². The topological polar surface area (TPSA) is 97.5 Å². The maximum atomic E-state index is 11.9. The van der Waals surface area contributed by atoms with Crippen LogP contribution in [0.1, 0.15) is 46.1 Å². The highest BCUT2D eigenvalue weighted by Crippen LogP contribution is 2.23. The van der Waals surface area contributed by atoms with Crippen LogP contribution in [-0.4, -0.2) is 32.8 Å². The van der Waals surface area contributed by atoms with Crippen LogP contribution in [0.3, 0.4) is 0 Å². The maximum absolute atomic E-state index is 11.9. The van der Waals surface area contributed by atoms with Crippen molar-refractivity contribution in [1.29, 1.82) is 0 Å². The minimum Gasteiger partial charge on any atom is -0.445 e. The number of aromatic nitrogens is 2. The molecule has 0 aliphatic carbocycles. The zero-order chi connectivity index (χ0) is 17.7. The molecule has 24 heavy (non-hydrogen) atoms. The summed E-state index contributed by atoms with van der Waals surface area (Å²) < 4.78 is 10.6. The van der Waals surface area contributed by atoms with Crippen molar-refractivity contribution in [2.75, 3.05) is 0 Å². The number of carbonyl (C=O) groups is 1. The molecule has 0 saturated heterocycles. The van der Waals surface area contributed by atoms with Gasteiger partial charge in [0.05, 0.1) is 6.04 Å². The lowest BCUT2D eigenvalue weighted by Crippen LogP contribution is -2.42. The second-order valence-corrected chi connectivity index (χ2v) is 6.42. The first kappa shape index (κ1) is 17.9. The molecule has 7 nitrogen and oxygen atoms in total. The van der Waals surface area contributed by atoms with E-state index in [1.807, 2.05) is 13.0 Å². The molecule has 2 aromatic rings. The van der Waals surface area contributed by atoms with Crippen LogP contribution in [0.2, 0.25) is 0 Å². The molecule has 130 valence electrons. The van der Waals surface area contributed by atoms with E-state index in [9.17, 15) is 9.90 Å². The lowest BCUT2D eigenvalue weighted by molar-refractivity contribution is 0.0385. The Morgan fingerprint density at radius 3 is 2.79 bits per heavy atom. The number of alkyl carbamates (subject to hydrolysis) is 1. The van der Waals surface area contributed by atoms with E-state index in [1.165, 1.54) is 6.26 Å². The van der Waals surface area contributed by atoms with Crippen LogP contribution in [0, 0.1) is 0 Å². The van der Waals surface area contributed by atoms with Crippen molar-refractivity contribution < 1.29 is 19.1 Å². The fraction of sp³-hybridized carbons (Fsp3) is 0.471. The molecule has 2 unspecified atom stereocenters. The summed E-state index contributed by atoms with van der Waals surface area (Å²) in [7, 11) is 0. The molecular weight excluding hydrogens is 310 g/mol. The van der Waals surface area contributed by atoms with Gasteiger partial charge in [0.2, 0.25) is 5.89 Å². The molecule has 2 N–H and O–H groups in total. The molecule has 0 aliphatic rings. The summed E-state index contributed by atoms with van der Waals surface area (Å²) in [5.41, 5.74) is 0.751. The standard InChI is InChI=1S/C17H23N3O4/c1-5-12(20-16(22)24-17(2,3)4)14(21)15-19-13(10-23-15)11-7-6-8-18-9-11/h6-10,12,14,21H,5H2,1-4H3,(H,20,22). The largest absolute Gasteiger partial charge is 0.445 e. The Morgan fingerprint density at radius 2 is 2.21 bits per heavy atom. The van der Waals surface area contributed by atoms with Gasteiger partial charge < -0.3 is 19.6 Å². The van der Waals surface area contributed by atoms with Gasteiger partial charge in [-0.2, -0.15) is 0 Å². The van der Waals surface area contributed by atoms with Gasteiger partial charge in [0.1, 0.15) is 17.6 Å². The first-order valence-electron chi connectivity index (χ1n) is 7.83. The van der Waals surface area contributed by atoms with Gasteiger partial charge in [0.25, 0.3) is 0 Å². The molecule has 0 spiro atoms. The third-order valence-corrected chi connectivity index (χ3v) is 3.26. The van der Waals surface area contributed by atoms with Gasteiger partial charge in [-0.3, -0.25) is 4.98 Å². The number of hydrogen-bond donors (Lipinski definition) is 2. The molecule has 0 aliphatic heterocycles. The van der Waals surface area contributed by atoms with Crippen molar-refractivity contribution in [3.8, 4) is 11.3 Å². The number of nitrogens with one attached hydrogen (secondary N) is 1. The minimum atomic E-state index is -1.08. The maximum Gasteiger partial charge on any atom is 0.407 e. The number of nitrogens with zero attached hydrogens (tertiary/aromatic N) is 2. The molecule has 7 heteroatoms. The summed E-state index contributed by atoms with van der Waals surface area (Å²) in [6.07, 6.45) is 3.60. The van der Waals surface area contributed by atoms with Gasteiger partial charge in [0.15, 0.2) is 6.10 Å². The lowest BCUT2D eigenvalue weighted by Gasteiger charge is -2.24. The van der Waals surface area contributed by atoms with Gasteiger partial charge in [-0.05, 0) is 39.3 Å². The normalized spacial score (nSPS) is 14.0. The van der Waals surface area contributed by atoms with Crippen molar-refractivity contribution in [3.63, 3.8) is 0 Å². The van der Waals surface area contributed by atoms with Gasteiger partial charge in [-0.1, -0.05) is 6.92 Å². The third kappa shape index (κ3) is 4.79. The number of ether oxygens (including phenoxy) is 1. The second kappa shape index (κ2) is 7.44. The fourth-order valence-electron chi connectivity index (χ4n) is 2.11. The average Bonchev–Trinajstić information content (AvgIpc) is 3.01. The Labute approximate surface area is 141 Å². The number of aliphatic hydroxyl groups excluding tert-OH is 1. The Hall–Kier alpha value is -2.41. The monoisotopic (exact) mass is 333 g/mol. The Balaban J connectivity index is 2.07. The first-order chi connectivity index (χ1) is 11.3. The van der Waals surface area contributed by atoms with E-state index in [4.69, 9.17) is 9.15 Å². The molecule has 2 atom stereocenters. The predicted octanol–water partition coefficient (Wildman–Crippen LogP) is 3.07. The zero-order valence-corrected chi connectivity index (χ0v) is 14.3. The number of carbonyl (C=O) groups excluding carboxylic acids is 1. The van der Waals surface area contributed by atoms with Crippen LogP contribution in [0.25, 0.3) is 11.3 Å². The molecule has 2 rings (SSSR count). The van der Waals surface area contributed by atoms with Crippen molar-refractivity contribution in [2.24, 2.45) is 0 Å². The number of aliphatic hydroxyl groups is 1. The van der Waals surface area contributed by atoms with E-state index in [0.29, 0.717) is 12.1 Å². The molecule has 0 fully saturated rings. The summed E-state index contributed by atoms with van der Waals surface area (Å²) in [4.78, 5) is 20.2. The Bertz CT molecular complexity index is 664. The van der Waals surface area contributed by atoms with E-state index in [0.717, 1.165) is 5.56 Å². The molecule has 1 amide bonds. The van der Waals surface area contributed by atoms with Crippen LogP contribution in [0.15, 0.2) is 35.2 Å². The molecule has 0 bridgehead atoms. The third-order valence-electron chi connectivity index (χ3n) is 3.26. The molecule has 2 heterocycles. The molecule has 2 aromatic heterocycles. The molecule has 0 aromatic carbocycles. The van der Waals surface area contributed by atoms with Crippen molar-refractivity contribution >= 4 is 6.09 Å². The number of amides is 1. The van der Waals surface area contributed by atoms with Crippen LogP contribution in [-0.2, 0) is 4.74 Å². The van der Waals surface area contributed by atoms with Crippen molar-refractivity contribution in [3.05, 3.63) is 36.7 Å². The zero-order valence-electron chi connectivity index (χ0n) is 14.3. The van der Waals surface area contributed by atoms with Crippen LogP contribution in [0.4, 0.5) is 4.79 Å². The summed E-state index contributed by atoms with van der Waals surface area (Å²) in [5.74, 6) is 0.136.